The number of anilines is 3. The largest absolute Gasteiger partial charge is 0.494 e. The molecule has 0 spiro atoms. The number of nitriles is 1. The van der Waals surface area contributed by atoms with E-state index in [9.17, 15) is 4.79 Å². The Morgan fingerprint density at radius 2 is 2.26 bits per heavy atom. The number of amidine groups is 1. The summed E-state index contributed by atoms with van der Waals surface area (Å²) < 4.78 is 29.1. The smallest absolute Gasteiger partial charge is 0.273 e. The monoisotopic (exact) mass is 423 g/mol. The van der Waals surface area contributed by atoms with Crippen LogP contribution in [0.2, 0.25) is 0 Å². The van der Waals surface area contributed by atoms with Crippen LogP contribution in [0.5, 0.6) is 5.75 Å². The molecule has 0 aliphatic heterocycles. The van der Waals surface area contributed by atoms with Crippen molar-refractivity contribution in [1.82, 2.24) is 30.3 Å². The highest BCUT2D eigenvalue weighted by atomic mass is 16.5. The van der Waals surface area contributed by atoms with Gasteiger partial charge in [0.15, 0.2) is 17.3 Å². The van der Waals surface area contributed by atoms with Crippen LogP contribution >= 0.6 is 0 Å². The van der Waals surface area contributed by atoms with Crippen molar-refractivity contribution < 1.29 is 13.6 Å². The number of hydrogen-bond donors (Lipinski definition) is 4. The molecule has 0 saturated heterocycles. The van der Waals surface area contributed by atoms with Crippen molar-refractivity contribution in [3.05, 3.63) is 36.4 Å². The molecule has 1 aromatic carbocycles. The summed E-state index contributed by atoms with van der Waals surface area (Å²) in [5, 5.41) is 36.1. The molecule has 0 atom stereocenters. The molecule has 158 valence electrons. The van der Waals surface area contributed by atoms with Gasteiger partial charge in [-0.2, -0.15) is 15.5 Å². The van der Waals surface area contributed by atoms with Gasteiger partial charge in [0.05, 0.1) is 48.4 Å². The molecule has 1 amide bonds. The average molecular weight is 423 g/mol. The summed E-state index contributed by atoms with van der Waals surface area (Å²) in [4.78, 5) is 16.9. The molecule has 0 radical (unpaired) electrons. The number of hydrogen-bond acceptors (Lipinski definition) is 9. The predicted molar refractivity (Wildman–Crippen MR) is 113 cm³/mol. The molecule has 4 N–H and O–H groups in total. The second-order valence-electron chi connectivity index (χ2n) is 6.13. The van der Waals surface area contributed by atoms with Crippen LogP contribution in [0.3, 0.4) is 0 Å². The quantitative estimate of drug-likeness (QED) is 0.326. The summed E-state index contributed by atoms with van der Waals surface area (Å²) in [7, 11) is 3.17. The first kappa shape index (κ1) is 17.3. The molecule has 12 heteroatoms. The number of nitrogens with one attached hydrogen (secondary N) is 4. The zero-order chi connectivity index (χ0) is 24.9. The minimum absolute atomic E-state index is 0.0175. The van der Waals surface area contributed by atoms with E-state index in [1.165, 1.54) is 24.3 Å². The van der Waals surface area contributed by atoms with Gasteiger partial charge in [0.2, 0.25) is 0 Å². The third-order valence-corrected chi connectivity index (χ3v) is 4.04. The average Bonchev–Trinajstić information content (AvgIpc) is 3.19. The third-order valence-electron chi connectivity index (χ3n) is 4.04. The van der Waals surface area contributed by atoms with E-state index in [1.54, 1.807) is 25.2 Å². The second-order valence-corrected chi connectivity index (χ2v) is 6.13. The molecular formula is C19H20N10O2. The lowest BCUT2D eigenvalue weighted by Crippen LogP contribution is -2.22. The van der Waals surface area contributed by atoms with Gasteiger partial charge < -0.3 is 20.7 Å². The number of carbonyl (C=O) groups is 1. The summed E-state index contributed by atoms with van der Waals surface area (Å²) in [6.07, 6.45) is 2.53. The van der Waals surface area contributed by atoms with E-state index in [0.717, 1.165) is 0 Å². The maximum atomic E-state index is 12.7. The number of methoxy groups -OCH3 is 1. The number of benzene rings is 1. The van der Waals surface area contributed by atoms with Gasteiger partial charge in [0.1, 0.15) is 12.2 Å². The fourth-order valence-corrected chi connectivity index (χ4v) is 2.74. The number of amides is 1. The van der Waals surface area contributed by atoms with E-state index in [-0.39, 0.29) is 29.3 Å². The normalized spacial score (nSPS) is 12.0. The highest BCUT2D eigenvalue weighted by Gasteiger charge is 2.21. The van der Waals surface area contributed by atoms with Crippen LogP contribution < -0.4 is 20.7 Å². The molecule has 0 aliphatic rings. The number of carbonyl (C=O) groups excluding carboxylic acids is 1. The summed E-state index contributed by atoms with van der Waals surface area (Å²) in [6.45, 7) is -2.77. The molecular weight excluding hydrogens is 400 g/mol. The maximum absolute atomic E-state index is 12.7. The molecule has 3 rings (SSSR count). The van der Waals surface area contributed by atoms with E-state index in [4.69, 9.17) is 19.5 Å². The van der Waals surface area contributed by atoms with Gasteiger partial charge in [-0.25, -0.2) is 4.98 Å². The number of ether oxygens (including phenoxy) is 1. The standard InChI is InChI=1S/C19H20N10O2/c1-22-19(30)16-15(13(9-24-27-16)25-14(21)7-8-20)26-12-6-4-5-11(17(12)31-3)18-23-10-29(2)28-18/h4-6,9-10H,7H2,1-3H3,(H,22,30)(H,24,26)(H2,21,25,27)/i1D3. The Balaban J connectivity index is 2.11. The first-order valence-electron chi connectivity index (χ1n) is 10.3. The molecule has 2 aromatic heterocycles. The van der Waals surface area contributed by atoms with Gasteiger partial charge in [-0.05, 0) is 12.1 Å². The lowest BCUT2D eigenvalue weighted by Gasteiger charge is -2.18. The van der Waals surface area contributed by atoms with Crippen molar-refractivity contribution in [2.24, 2.45) is 7.05 Å². The third kappa shape index (κ3) is 4.56. The van der Waals surface area contributed by atoms with Crippen molar-refractivity contribution in [2.45, 2.75) is 6.42 Å². The van der Waals surface area contributed by atoms with E-state index in [1.807, 2.05) is 11.4 Å². The second kappa shape index (κ2) is 9.31. The Hall–Kier alpha value is -4.53. The lowest BCUT2D eigenvalue weighted by atomic mass is 10.1. The zero-order valence-corrected chi connectivity index (χ0v) is 16.6. The van der Waals surface area contributed by atoms with Crippen LogP contribution in [0, 0.1) is 16.7 Å². The Morgan fingerprint density at radius 1 is 1.42 bits per heavy atom. The minimum atomic E-state index is -2.77. The van der Waals surface area contributed by atoms with Crippen molar-refractivity contribution in [3.8, 4) is 23.2 Å². The number of aryl methyl sites for hydroxylation is 1. The highest BCUT2D eigenvalue weighted by molar-refractivity contribution is 6.05. The van der Waals surface area contributed by atoms with Gasteiger partial charge in [-0.1, -0.05) is 6.07 Å². The fourth-order valence-electron chi connectivity index (χ4n) is 2.74. The van der Waals surface area contributed by atoms with Crippen molar-refractivity contribution in [3.63, 3.8) is 0 Å². The fraction of sp³-hybridized carbons (Fsp3) is 0.211. The van der Waals surface area contributed by atoms with Crippen LogP contribution in [0.25, 0.3) is 11.4 Å². The molecule has 12 nitrogen and oxygen atoms in total. The Labute approximate surface area is 182 Å². The van der Waals surface area contributed by atoms with Gasteiger partial charge >= 0.3 is 0 Å². The van der Waals surface area contributed by atoms with Gasteiger partial charge in [0, 0.05) is 18.1 Å². The minimum Gasteiger partial charge on any atom is -0.494 e. The van der Waals surface area contributed by atoms with Gasteiger partial charge in [-0.3, -0.25) is 14.9 Å². The van der Waals surface area contributed by atoms with Crippen LogP contribution in [-0.2, 0) is 7.05 Å². The Morgan fingerprint density at radius 3 is 2.94 bits per heavy atom. The molecule has 0 unspecified atom stereocenters. The van der Waals surface area contributed by atoms with Gasteiger partial charge in [-0.15, -0.1) is 5.10 Å². The SMILES string of the molecule is [2H]C([2H])([2H])NC(=O)c1nncc(NC(=N)CC#N)c1Nc1cccc(-c2ncn(C)n2)c1OC. The van der Waals surface area contributed by atoms with Crippen LogP contribution in [0.15, 0.2) is 30.7 Å². The van der Waals surface area contributed by atoms with E-state index < -0.39 is 12.9 Å². The number of nitrogens with zero attached hydrogens (tertiary/aromatic N) is 6. The number of para-hydroxylation sites is 1. The Bertz CT molecular complexity index is 1270. The lowest BCUT2D eigenvalue weighted by molar-refractivity contribution is 0.0958. The van der Waals surface area contributed by atoms with Crippen molar-refractivity contribution >= 4 is 28.8 Å². The van der Waals surface area contributed by atoms with Crippen LogP contribution in [0.1, 0.15) is 21.0 Å². The highest BCUT2D eigenvalue weighted by Crippen LogP contribution is 2.38. The number of aromatic nitrogens is 5. The van der Waals surface area contributed by atoms with E-state index in [0.29, 0.717) is 22.8 Å². The zero-order valence-electron chi connectivity index (χ0n) is 19.6. The Kier molecular flexibility index (Phi) is 5.21. The molecule has 0 aliphatic carbocycles. The first-order valence-corrected chi connectivity index (χ1v) is 8.82. The van der Waals surface area contributed by atoms with Crippen LogP contribution in [-0.4, -0.2) is 50.8 Å². The predicted octanol–water partition coefficient (Wildman–Crippen LogP) is 1.69. The summed E-state index contributed by atoms with van der Waals surface area (Å²) in [5.41, 5.74) is 0.709. The molecule has 3 aromatic rings. The summed E-state index contributed by atoms with van der Waals surface area (Å²) in [6, 6.07) is 6.94. The van der Waals surface area contributed by atoms with Crippen molar-refractivity contribution in [2.75, 3.05) is 24.7 Å². The van der Waals surface area contributed by atoms with Gasteiger partial charge in [0.25, 0.3) is 5.91 Å². The molecule has 0 saturated carbocycles. The van der Waals surface area contributed by atoms with Crippen molar-refractivity contribution in [1.29, 1.82) is 10.7 Å². The molecule has 0 fully saturated rings. The maximum Gasteiger partial charge on any atom is 0.273 e. The molecule has 31 heavy (non-hydrogen) atoms. The molecule has 2 heterocycles. The van der Waals surface area contributed by atoms with Crippen LogP contribution in [0.4, 0.5) is 17.1 Å². The van der Waals surface area contributed by atoms with E-state index in [2.05, 4.69) is 30.9 Å². The number of rotatable bonds is 7. The topological polar surface area (TPSA) is 167 Å². The summed E-state index contributed by atoms with van der Waals surface area (Å²) in [5.74, 6) is -0.456. The summed E-state index contributed by atoms with van der Waals surface area (Å²) >= 11 is 0. The molecule has 0 bridgehead atoms. The first-order chi connectivity index (χ1) is 16.1. The van der Waals surface area contributed by atoms with E-state index >= 15 is 0 Å².